The van der Waals surface area contributed by atoms with Gasteiger partial charge in [-0.05, 0) is 175 Å². The summed E-state index contributed by atoms with van der Waals surface area (Å²) in [6.45, 7) is 9.20. The first-order valence-electron chi connectivity index (χ1n) is 24.3. The summed E-state index contributed by atoms with van der Waals surface area (Å²) in [4.78, 5) is 0. The lowest BCUT2D eigenvalue weighted by molar-refractivity contribution is 0.382. The van der Waals surface area contributed by atoms with E-state index in [1.165, 1.54) is 62.5 Å². The second-order valence-electron chi connectivity index (χ2n) is 17.0. The van der Waals surface area contributed by atoms with Crippen molar-refractivity contribution in [1.29, 1.82) is 0 Å². The smallest absolute Gasteiger partial charge is 0.118 e. The van der Waals surface area contributed by atoms with Gasteiger partial charge in [0.05, 0.1) is 0 Å². The van der Waals surface area contributed by atoms with Crippen molar-refractivity contribution in [2.45, 2.75) is 182 Å². The molecule has 0 aliphatic rings. The van der Waals surface area contributed by atoms with Crippen LogP contribution in [0.4, 0.5) is 0 Å². The van der Waals surface area contributed by atoms with Gasteiger partial charge in [-0.3, -0.25) is 0 Å². The van der Waals surface area contributed by atoms with E-state index in [2.05, 4.69) is 149 Å². The van der Waals surface area contributed by atoms with Gasteiger partial charge >= 0.3 is 0 Å². The van der Waals surface area contributed by atoms with Gasteiger partial charge in [-0.25, -0.2) is 0 Å². The number of benzene rings is 2. The van der Waals surface area contributed by atoms with Crippen molar-refractivity contribution in [3.8, 4) is 11.5 Å². The molecular formula is C58H86O2. The highest BCUT2D eigenvalue weighted by Gasteiger charge is 2.16. The number of unbranched alkanes of at least 4 members (excludes halogenated alkanes) is 10. The summed E-state index contributed by atoms with van der Waals surface area (Å²) in [7, 11) is 0. The van der Waals surface area contributed by atoms with Crippen LogP contribution in [0, 0.1) is 11.8 Å². The lowest BCUT2D eigenvalue weighted by Crippen LogP contribution is -2.14. The minimum absolute atomic E-state index is 0.424. The Labute approximate surface area is 369 Å². The summed E-state index contributed by atoms with van der Waals surface area (Å²) in [6.07, 6.45) is 63.2. The van der Waals surface area contributed by atoms with Gasteiger partial charge in [0.2, 0.25) is 0 Å². The van der Waals surface area contributed by atoms with Crippen molar-refractivity contribution in [2.24, 2.45) is 11.8 Å². The van der Waals surface area contributed by atoms with Gasteiger partial charge in [-0.1, -0.05) is 175 Å². The standard InChI is InChI=1S/C58H86O2/c1-5-7-9-11-13-15-17-19-21-23-25-27-29-31-33-35-37-39-41-55-49-53(43-45-57(55)59)47-51(3)52(4)48-54-44-46-58(60)56(50-54)42-40-38-36-34-32-30-28-26-24-22-20-18-16-14-12-10-8-6-2/h13-16,19-22,25-28,31-34,43-46,49-52,59-60H,5-12,17-18,23-24,29-30,35-42,47-48H2,1-4H3. The molecule has 0 saturated heterocycles. The minimum Gasteiger partial charge on any atom is -0.508 e. The monoisotopic (exact) mass is 815 g/mol. The molecule has 2 rings (SSSR count). The third-order valence-corrected chi connectivity index (χ3v) is 11.4. The first-order valence-corrected chi connectivity index (χ1v) is 24.3. The zero-order chi connectivity index (χ0) is 43.1. The van der Waals surface area contributed by atoms with E-state index < -0.39 is 0 Å². The van der Waals surface area contributed by atoms with E-state index in [0.717, 1.165) is 114 Å². The van der Waals surface area contributed by atoms with E-state index >= 15 is 0 Å². The van der Waals surface area contributed by atoms with Crippen molar-refractivity contribution < 1.29 is 10.2 Å². The zero-order valence-electron chi connectivity index (χ0n) is 38.7. The molecule has 0 radical (unpaired) electrons. The highest BCUT2D eigenvalue weighted by atomic mass is 16.3. The molecule has 0 saturated carbocycles. The van der Waals surface area contributed by atoms with Gasteiger partial charge in [-0.15, -0.1) is 0 Å². The highest BCUT2D eigenvalue weighted by Crippen LogP contribution is 2.28. The van der Waals surface area contributed by atoms with Gasteiger partial charge in [-0.2, -0.15) is 0 Å². The number of hydrogen-bond acceptors (Lipinski definition) is 2. The number of phenols is 2. The summed E-state index contributed by atoms with van der Waals surface area (Å²) >= 11 is 0. The Bertz CT molecular complexity index is 1470. The topological polar surface area (TPSA) is 40.5 Å². The zero-order valence-corrected chi connectivity index (χ0v) is 38.7. The van der Waals surface area contributed by atoms with E-state index in [-0.39, 0.29) is 0 Å². The fourth-order valence-electron chi connectivity index (χ4n) is 7.36. The summed E-state index contributed by atoms with van der Waals surface area (Å²) in [6, 6.07) is 12.4. The quantitative estimate of drug-likeness (QED) is 0.0537. The lowest BCUT2D eigenvalue weighted by atomic mass is 9.84. The van der Waals surface area contributed by atoms with E-state index in [1.807, 2.05) is 12.1 Å². The molecule has 2 aromatic carbocycles. The van der Waals surface area contributed by atoms with Gasteiger partial charge in [0.25, 0.3) is 0 Å². The second-order valence-corrected chi connectivity index (χ2v) is 17.0. The van der Waals surface area contributed by atoms with Crippen LogP contribution in [0.1, 0.15) is 178 Å². The number of allylic oxidation sites excluding steroid dienone is 16. The Hall–Kier alpha value is -4.04. The molecule has 0 aliphatic heterocycles. The molecule has 0 amide bonds. The first kappa shape index (κ1) is 52.1. The van der Waals surface area contributed by atoms with Gasteiger partial charge in [0.15, 0.2) is 0 Å². The molecule has 60 heavy (non-hydrogen) atoms. The predicted molar refractivity (Wildman–Crippen MR) is 266 cm³/mol. The lowest BCUT2D eigenvalue weighted by Gasteiger charge is -2.21. The van der Waals surface area contributed by atoms with Crippen LogP contribution in [0.25, 0.3) is 0 Å². The third-order valence-electron chi connectivity index (χ3n) is 11.4. The van der Waals surface area contributed by atoms with Crippen LogP contribution >= 0.6 is 0 Å². The van der Waals surface area contributed by atoms with Crippen molar-refractivity contribution in [2.75, 3.05) is 0 Å². The SMILES string of the molecule is CCCCCC=CCC=CCC=CCC=CCCCCc1cc(CC(C)C(C)Cc2ccc(O)c(CCCCC=CCC=CCC=CCC=CCCCCC)c2)ccc1O. The maximum absolute atomic E-state index is 10.6. The Morgan fingerprint density at radius 2 is 0.667 bits per heavy atom. The number of aromatic hydroxyl groups is 2. The Kier molecular flexibility index (Phi) is 31.9. The minimum atomic E-state index is 0.424. The van der Waals surface area contributed by atoms with Crippen LogP contribution in [0.15, 0.2) is 134 Å². The molecule has 0 aromatic heterocycles. The molecule has 2 unspecified atom stereocenters. The summed E-state index contributed by atoms with van der Waals surface area (Å²) in [5.41, 5.74) is 4.77. The number of phenolic OH excluding ortho intramolecular Hbond substituents is 2. The van der Waals surface area contributed by atoms with Crippen LogP contribution in [0.2, 0.25) is 0 Å². The molecule has 0 heterocycles. The van der Waals surface area contributed by atoms with E-state index in [4.69, 9.17) is 0 Å². The highest BCUT2D eigenvalue weighted by molar-refractivity contribution is 5.37. The van der Waals surface area contributed by atoms with Crippen molar-refractivity contribution >= 4 is 0 Å². The Morgan fingerprint density at radius 1 is 0.383 bits per heavy atom. The predicted octanol–water partition coefficient (Wildman–Crippen LogP) is 17.5. The maximum Gasteiger partial charge on any atom is 0.118 e. The van der Waals surface area contributed by atoms with Crippen molar-refractivity contribution in [1.82, 2.24) is 0 Å². The van der Waals surface area contributed by atoms with Crippen molar-refractivity contribution in [3.63, 3.8) is 0 Å². The average molecular weight is 815 g/mol. The average Bonchev–Trinajstić information content (AvgIpc) is 3.24. The normalized spacial score (nSPS) is 13.7. The van der Waals surface area contributed by atoms with Crippen LogP contribution in [0.3, 0.4) is 0 Å². The van der Waals surface area contributed by atoms with Crippen LogP contribution in [-0.4, -0.2) is 10.2 Å². The molecule has 2 N–H and O–H groups in total. The van der Waals surface area contributed by atoms with Gasteiger partial charge < -0.3 is 10.2 Å². The largest absolute Gasteiger partial charge is 0.508 e. The first-order chi connectivity index (χ1) is 29.4. The Balaban J connectivity index is 1.63. The second kappa shape index (κ2) is 36.8. The molecule has 0 aliphatic carbocycles. The third kappa shape index (κ3) is 27.7. The van der Waals surface area contributed by atoms with E-state index in [0.29, 0.717) is 23.3 Å². The molecule has 0 spiro atoms. The molecule has 330 valence electrons. The molecule has 2 atom stereocenters. The van der Waals surface area contributed by atoms with E-state index in [9.17, 15) is 10.2 Å². The van der Waals surface area contributed by atoms with Crippen molar-refractivity contribution in [3.05, 3.63) is 156 Å². The van der Waals surface area contributed by atoms with Crippen LogP contribution < -0.4 is 0 Å². The van der Waals surface area contributed by atoms with Gasteiger partial charge in [0, 0.05) is 0 Å². The fraction of sp³-hybridized carbons (Fsp3) is 0.517. The van der Waals surface area contributed by atoms with Crippen LogP contribution in [0.5, 0.6) is 11.5 Å². The summed E-state index contributed by atoms with van der Waals surface area (Å²) < 4.78 is 0. The fourth-order valence-corrected chi connectivity index (χ4v) is 7.36. The van der Waals surface area contributed by atoms with E-state index in [1.54, 1.807) is 0 Å². The van der Waals surface area contributed by atoms with Gasteiger partial charge in [0.1, 0.15) is 11.5 Å². The molecular weight excluding hydrogens is 729 g/mol. The summed E-state index contributed by atoms with van der Waals surface area (Å²) in [5.74, 6) is 1.85. The maximum atomic E-state index is 10.6. The summed E-state index contributed by atoms with van der Waals surface area (Å²) in [5, 5.41) is 21.2. The van der Waals surface area contributed by atoms with Crippen LogP contribution in [-0.2, 0) is 25.7 Å². The number of rotatable bonds is 35. The molecule has 0 fully saturated rings. The molecule has 0 bridgehead atoms. The Morgan fingerprint density at radius 3 is 0.967 bits per heavy atom. The molecule has 2 heteroatoms. The molecule has 2 aromatic rings. The number of aryl methyl sites for hydroxylation is 2. The molecule has 2 nitrogen and oxygen atoms in total. The number of hydrogen-bond donors (Lipinski definition) is 2.